The van der Waals surface area contributed by atoms with E-state index in [2.05, 4.69) is 10.3 Å². The summed E-state index contributed by atoms with van der Waals surface area (Å²) in [5, 5.41) is 0. The van der Waals surface area contributed by atoms with E-state index in [0.29, 0.717) is 0 Å². The first kappa shape index (κ1) is 16.3. The standard InChI is InChI=1S/C16H25F2N3/c1-16(2,21-10-5-3-4-6-11-21)15(20-19)12-8-7-9-13(17)14(12)18/h7-9,15,20H,3-6,10-11,19H2,1-2H3. The molecule has 1 unspecified atom stereocenters. The maximum absolute atomic E-state index is 14.1. The molecule has 1 aliphatic heterocycles. The van der Waals surface area contributed by atoms with Gasteiger partial charge in [0.25, 0.3) is 0 Å². The Morgan fingerprint density at radius 2 is 1.76 bits per heavy atom. The molecular weight excluding hydrogens is 272 g/mol. The zero-order chi connectivity index (χ0) is 15.5. The lowest BCUT2D eigenvalue weighted by molar-refractivity contribution is 0.0817. The van der Waals surface area contributed by atoms with Crippen LogP contribution in [0.3, 0.4) is 0 Å². The summed E-state index contributed by atoms with van der Waals surface area (Å²) in [7, 11) is 0. The van der Waals surface area contributed by atoms with Gasteiger partial charge in [-0.1, -0.05) is 25.0 Å². The third kappa shape index (κ3) is 3.42. The van der Waals surface area contributed by atoms with E-state index in [-0.39, 0.29) is 5.56 Å². The number of rotatable bonds is 4. The molecule has 1 heterocycles. The molecule has 3 nitrogen and oxygen atoms in total. The molecule has 1 atom stereocenters. The monoisotopic (exact) mass is 297 g/mol. The van der Waals surface area contributed by atoms with E-state index in [1.807, 2.05) is 13.8 Å². The van der Waals surface area contributed by atoms with Crippen LogP contribution in [0, 0.1) is 11.6 Å². The van der Waals surface area contributed by atoms with Gasteiger partial charge in [0.2, 0.25) is 0 Å². The highest BCUT2D eigenvalue weighted by atomic mass is 19.2. The van der Waals surface area contributed by atoms with Crippen LogP contribution in [0.25, 0.3) is 0 Å². The molecule has 1 aliphatic rings. The smallest absolute Gasteiger partial charge is 0.163 e. The number of nitrogens with zero attached hydrogens (tertiary/aromatic N) is 1. The molecule has 2 rings (SSSR count). The van der Waals surface area contributed by atoms with Crippen molar-refractivity contribution in [2.24, 2.45) is 5.84 Å². The molecular formula is C16H25F2N3. The second-order valence-electron chi connectivity index (χ2n) is 6.30. The molecule has 0 saturated carbocycles. The van der Waals surface area contributed by atoms with E-state index < -0.39 is 23.2 Å². The molecule has 5 heteroatoms. The van der Waals surface area contributed by atoms with Gasteiger partial charge < -0.3 is 0 Å². The van der Waals surface area contributed by atoms with Gasteiger partial charge in [-0.05, 0) is 45.8 Å². The van der Waals surface area contributed by atoms with Crippen LogP contribution in [0.5, 0.6) is 0 Å². The number of hydrazine groups is 1. The van der Waals surface area contributed by atoms with Crippen molar-refractivity contribution in [3.8, 4) is 0 Å². The lowest BCUT2D eigenvalue weighted by atomic mass is 9.86. The lowest BCUT2D eigenvalue weighted by Crippen LogP contribution is -2.54. The van der Waals surface area contributed by atoms with Crippen molar-refractivity contribution < 1.29 is 8.78 Å². The van der Waals surface area contributed by atoms with Crippen LogP contribution in [-0.2, 0) is 0 Å². The second-order valence-corrected chi connectivity index (χ2v) is 6.30. The van der Waals surface area contributed by atoms with E-state index in [1.165, 1.54) is 18.9 Å². The number of nitrogens with one attached hydrogen (secondary N) is 1. The van der Waals surface area contributed by atoms with Gasteiger partial charge in [-0.2, -0.15) is 0 Å². The minimum absolute atomic E-state index is 0.284. The van der Waals surface area contributed by atoms with Crippen molar-refractivity contribution >= 4 is 0 Å². The van der Waals surface area contributed by atoms with Gasteiger partial charge >= 0.3 is 0 Å². The Kier molecular flexibility index (Phi) is 5.30. The van der Waals surface area contributed by atoms with Crippen LogP contribution in [0.15, 0.2) is 18.2 Å². The lowest BCUT2D eigenvalue weighted by Gasteiger charge is -2.44. The number of nitrogens with two attached hydrogens (primary N) is 1. The van der Waals surface area contributed by atoms with E-state index in [9.17, 15) is 8.78 Å². The fourth-order valence-corrected chi connectivity index (χ4v) is 3.25. The Morgan fingerprint density at radius 3 is 2.33 bits per heavy atom. The largest absolute Gasteiger partial charge is 0.296 e. The zero-order valence-electron chi connectivity index (χ0n) is 12.8. The first-order valence-electron chi connectivity index (χ1n) is 7.63. The molecule has 21 heavy (non-hydrogen) atoms. The summed E-state index contributed by atoms with van der Waals surface area (Å²) in [4.78, 5) is 2.33. The van der Waals surface area contributed by atoms with Crippen molar-refractivity contribution in [1.29, 1.82) is 0 Å². The minimum Gasteiger partial charge on any atom is -0.296 e. The normalized spacial score (nSPS) is 19.3. The summed E-state index contributed by atoms with van der Waals surface area (Å²) < 4.78 is 27.6. The highest BCUT2D eigenvalue weighted by Gasteiger charge is 2.37. The summed E-state index contributed by atoms with van der Waals surface area (Å²) in [6.45, 7) is 5.99. The van der Waals surface area contributed by atoms with Gasteiger partial charge in [0.15, 0.2) is 11.6 Å². The number of benzene rings is 1. The van der Waals surface area contributed by atoms with Crippen LogP contribution in [0.1, 0.15) is 51.1 Å². The zero-order valence-corrected chi connectivity index (χ0v) is 12.8. The fourth-order valence-electron chi connectivity index (χ4n) is 3.25. The van der Waals surface area contributed by atoms with Crippen molar-refractivity contribution in [2.45, 2.75) is 51.1 Å². The summed E-state index contributed by atoms with van der Waals surface area (Å²) in [6.07, 6.45) is 4.71. The van der Waals surface area contributed by atoms with Gasteiger partial charge in [0.05, 0.1) is 6.04 Å². The maximum Gasteiger partial charge on any atom is 0.163 e. The Bertz CT molecular complexity index is 469. The maximum atomic E-state index is 14.1. The Balaban J connectivity index is 2.31. The van der Waals surface area contributed by atoms with Gasteiger partial charge in [-0.25, -0.2) is 8.78 Å². The Labute approximate surface area is 125 Å². The molecule has 1 fully saturated rings. The van der Waals surface area contributed by atoms with Crippen LogP contribution in [-0.4, -0.2) is 23.5 Å². The predicted molar refractivity (Wildman–Crippen MR) is 80.5 cm³/mol. The third-order valence-electron chi connectivity index (χ3n) is 4.59. The highest BCUT2D eigenvalue weighted by molar-refractivity contribution is 5.25. The van der Waals surface area contributed by atoms with E-state index in [0.717, 1.165) is 32.0 Å². The predicted octanol–water partition coefficient (Wildman–Crippen LogP) is 3.12. The van der Waals surface area contributed by atoms with E-state index in [4.69, 9.17) is 5.84 Å². The van der Waals surface area contributed by atoms with E-state index in [1.54, 1.807) is 6.07 Å². The Morgan fingerprint density at radius 1 is 1.14 bits per heavy atom. The molecule has 1 aromatic rings. The topological polar surface area (TPSA) is 41.3 Å². The van der Waals surface area contributed by atoms with Gasteiger partial charge in [0.1, 0.15) is 0 Å². The van der Waals surface area contributed by atoms with Crippen molar-refractivity contribution in [2.75, 3.05) is 13.1 Å². The molecule has 0 aromatic heterocycles. The summed E-state index contributed by atoms with van der Waals surface area (Å²) in [5.41, 5.74) is 2.58. The Hall–Kier alpha value is -1.04. The average molecular weight is 297 g/mol. The SMILES string of the molecule is CC(C)(C(NN)c1cccc(F)c1F)N1CCCCCC1. The first-order chi connectivity index (χ1) is 9.98. The van der Waals surface area contributed by atoms with Crippen LogP contribution >= 0.6 is 0 Å². The van der Waals surface area contributed by atoms with Gasteiger partial charge in [0, 0.05) is 11.1 Å². The van der Waals surface area contributed by atoms with Gasteiger partial charge in [-0.15, -0.1) is 0 Å². The van der Waals surface area contributed by atoms with Gasteiger partial charge in [-0.3, -0.25) is 16.2 Å². The highest BCUT2D eigenvalue weighted by Crippen LogP contribution is 2.34. The quantitative estimate of drug-likeness (QED) is 0.663. The van der Waals surface area contributed by atoms with Crippen LogP contribution in [0.4, 0.5) is 8.78 Å². The molecule has 1 saturated heterocycles. The van der Waals surface area contributed by atoms with Crippen molar-refractivity contribution in [1.82, 2.24) is 10.3 Å². The molecule has 3 N–H and O–H groups in total. The summed E-state index contributed by atoms with van der Waals surface area (Å²) in [6, 6.07) is 3.79. The molecule has 1 aromatic carbocycles. The minimum atomic E-state index is -0.834. The van der Waals surface area contributed by atoms with Crippen molar-refractivity contribution in [3.05, 3.63) is 35.4 Å². The van der Waals surface area contributed by atoms with E-state index >= 15 is 0 Å². The number of hydrogen-bond acceptors (Lipinski definition) is 3. The summed E-state index contributed by atoms with van der Waals surface area (Å²) in [5.74, 6) is 4.04. The number of halogens is 2. The first-order valence-corrected chi connectivity index (χ1v) is 7.63. The second kappa shape index (κ2) is 6.81. The number of hydrogen-bond donors (Lipinski definition) is 2. The molecule has 0 spiro atoms. The summed E-state index contributed by atoms with van der Waals surface area (Å²) >= 11 is 0. The molecule has 0 bridgehead atoms. The molecule has 118 valence electrons. The fraction of sp³-hybridized carbons (Fsp3) is 0.625. The van der Waals surface area contributed by atoms with Crippen molar-refractivity contribution in [3.63, 3.8) is 0 Å². The molecule has 0 amide bonds. The number of likely N-dealkylation sites (tertiary alicyclic amines) is 1. The molecule has 0 radical (unpaired) electrons. The average Bonchev–Trinajstić information content (AvgIpc) is 2.73. The van der Waals surface area contributed by atoms with Crippen LogP contribution in [0.2, 0.25) is 0 Å². The third-order valence-corrected chi connectivity index (χ3v) is 4.59. The van der Waals surface area contributed by atoms with Crippen LogP contribution < -0.4 is 11.3 Å². The molecule has 0 aliphatic carbocycles.